The van der Waals surface area contributed by atoms with Crippen LogP contribution in [0.4, 0.5) is 0 Å². The van der Waals surface area contributed by atoms with Crippen molar-refractivity contribution in [2.75, 3.05) is 6.61 Å². The average Bonchev–Trinajstić information content (AvgIpc) is 3.29. The third-order valence-electron chi connectivity index (χ3n) is 13.8. The summed E-state index contributed by atoms with van der Waals surface area (Å²) < 4.78 is 20.1. The van der Waals surface area contributed by atoms with Crippen LogP contribution in [0.5, 0.6) is 0 Å². The van der Waals surface area contributed by atoms with Gasteiger partial charge in [0, 0.05) is 35.7 Å². The van der Waals surface area contributed by atoms with Crippen LogP contribution in [0.15, 0.2) is 0 Å². The zero-order chi connectivity index (χ0) is 28.3. The van der Waals surface area contributed by atoms with E-state index in [0.29, 0.717) is 17.8 Å². The molecule has 2 aliphatic heterocycles. The minimum atomic E-state index is -1.85. The van der Waals surface area contributed by atoms with Crippen molar-refractivity contribution >= 4 is 19.9 Å². The highest BCUT2D eigenvalue weighted by Crippen LogP contribution is 2.69. The van der Waals surface area contributed by atoms with Crippen molar-refractivity contribution < 1.29 is 23.5 Å². The Morgan fingerprint density at radius 3 is 2.33 bits per heavy atom. The van der Waals surface area contributed by atoms with E-state index in [1.165, 1.54) is 0 Å². The average molecular weight is 559 g/mol. The molecule has 2 saturated heterocycles. The van der Waals surface area contributed by atoms with E-state index < -0.39 is 19.5 Å². The third kappa shape index (κ3) is 3.93. The molecule has 0 aromatic rings. The Morgan fingerprint density at radius 2 is 1.69 bits per heavy atom. The van der Waals surface area contributed by atoms with Gasteiger partial charge < -0.3 is 13.9 Å². The number of hydrogen-bond donors (Lipinski definition) is 0. The maximum absolute atomic E-state index is 14.3. The molecule has 6 aliphatic rings. The van der Waals surface area contributed by atoms with E-state index in [1.807, 2.05) is 0 Å². The van der Waals surface area contributed by atoms with Gasteiger partial charge in [-0.25, -0.2) is 0 Å². The Morgan fingerprint density at radius 1 is 0.974 bits per heavy atom. The van der Waals surface area contributed by atoms with Gasteiger partial charge in [-0.3, -0.25) is 9.59 Å². The monoisotopic (exact) mass is 558 g/mol. The number of carbonyl (C=O) groups is 2. The highest BCUT2D eigenvalue weighted by molar-refractivity contribution is 6.74. The summed E-state index contributed by atoms with van der Waals surface area (Å²) in [5.41, 5.74) is -0.720. The molecule has 0 N–H and O–H groups in total. The summed E-state index contributed by atoms with van der Waals surface area (Å²) in [5, 5.41) is 0.195. The Hall–Kier alpha value is -0.563. The number of fused-ring (bicyclic) bond motifs is 7. The van der Waals surface area contributed by atoms with Crippen molar-refractivity contribution in [2.45, 2.75) is 136 Å². The van der Waals surface area contributed by atoms with Crippen molar-refractivity contribution in [3.8, 4) is 0 Å². The summed E-state index contributed by atoms with van der Waals surface area (Å²) in [6.45, 7) is 21.3. The molecule has 6 rings (SSSR count). The van der Waals surface area contributed by atoms with E-state index in [1.54, 1.807) is 0 Å². The maximum atomic E-state index is 14.3. The lowest BCUT2D eigenvalue weighted by Gasteiger charge is -2.60. The van der Waals surface area contributed by atoms with Gasteiger partial charge in [0.2, 0.25) is 11.6 Å². The topological polar surface area (TPSA) is 61.8 Å². The molecule has 39 heavy (non-hydrogen) atoms. The van der Waals surface area contributed by atoms with Crippen LogP contribution in [0.1, 0.15) is 99.8 Å². The van der Waals surface area contributed by atoms with Gasteiger partial charge in [0.15, 0.2) is 14.1 Å². The smallest absolute Gasteiger partial charge is 0.205 e. The SMILES string of the molecule is C[C@@H]1CC[C@@]2(OC1)O[C@H]1C[C@H]3[C@@H]4CC[C@H]5C[C@@H](O[Si](C)(C)C(C)(C)C)CC[C@]5(C)[C@H]4C(=O)C(=O)[C@]3(C)[C@H]1[C@@H]2C. The molecule has 220 valence electrons. The van der Waals surface area contributed by atoms with Crippen molar-refractivity contribution in [1.82, 2.24) is 0 Å². The quantitative estimate of drug-likeness (QED) is 0.265. The summed E-state index contributed by atoms with van der Waals surface area (Å²) in [5.74, 6) is 0.912. The first-order valence-corrected chi connectivity index (χ1v) is 19.0. The van der Waals surface area contributed by atoms with Crippen molar-refractivity contribution in [2.24, 2.45) is 52.3 Å². The molecule has 4 aliphatic carbocycles. The number of carbonyl (C=O) groups excluding carboxylic acids is 2. The first kappa shape index (κ1) is 28.6. The zero-order valence-corrected chi connectivity index (χ0v) is 27.1. The second-order valence-corrected chi connectivity index (χ2v) is 21.5. The van der Waals surface area contributed by atoms with E-state index in [-0.39, 0.29) is 57.9 Å². The van der Waals surface area contributed by atoms with E-state index in [2.05, 4.69) is 61.6 Å². The predicted molar refractivity (Wildman–Crippen MR) is 155 cm³/mol. The second kappa shape index (κ2) is 8.97. The van der Waals surface area contributed by atoms with E-state index in [0.717, 1.165) is 58.0 Å². The molecular formula is C33H54O5Si. The van der Waals surface area contributed by atoms with Crippen LogP contribution in [0.3, 0.4) is 0 Å². The van der Waals surface area contributed by atoms with Crippen LogP contribution in [-0.4, -0.2) is 44.5 Å². The summed E-state index contributed by atoms with van der Waals surface area (Å²) in [4.78, 5) is 28.6. The van der Waals surface area contributed by atoms with Gasteiger partial charge in [-0.05, 0) is 92.2 Å². The Balaban J connectivity index is 1.24. The highest BCUT2D eigenvalue weighted by atomic mass is 28.4. The Kier molecular flexibility index (Phi) is 6.57. The normalized spacial score (nSPS) is 51.9. The summed E-state index contributed by atoms with van der Waals surface area (Å²) in [6.07, 6.45) is 8.47. The molecular weight excluding hydrogens is 504 g/mol. The Bertz CT molecular complexity index is 1020. The first-order valence-electron chi connectivity index (χ1n) is 16.1. The molecule has 0 unspecified atom stereocenters. The number of hydrogen-bond acceptors (Lipinski definition) is 5. The van der Waals surface area contributed by atoms with Crippen molar-refractivity contribution in [1.29, 1.82) is 0 Å². The van der Waals surface area contributed by atoms with Crippen molar-refractivity contribution in [3.05, 3.63) is 0 Å². The fourth-order valence-electron chi connectivity index (χ4n) is 10.5. The van der Waals surface area contributed by atoms with Gasteiger partial charge in [-0.1, -0.05) is 48.5 Å². The van der Waals surface area contributed by atoms with Crippen LogP contribution >= 0.6 is 0 Å². The number of Topliss-reactive ketones (excluding diaryl/α,β-unsaturated/α-hetero) is 2. The van der Waals surface area contributed by atoms with Gasteiger partial charge in [-0.15, -0.1) is 0 Å². The Labute approximate surface area is 238 Å². The van der Waals surface area contributed by atoms with Crippen LogP contribution in [0.25, 0.3) is 0 Å². The summed E-state index contributed by atoms with van der Waals surface area (Å²) >= 11 is 0. The number of ether oxygens (including phenoxy) is 2. The van der Waals surface area contributed by atoms with Crippen LogP contribution in [-0.2, 0) is 23.5 Å². The number of rotatable bonds is 2. The minimum Gasteiger partial charge on any atom is -0.414 e. The molecule has 12 atom stereocenters. The standard InChI is InChI=1S/C33H54O5Si/c1-19-12-15-33(36-18-19)20(2)26-25(37-33)17-24-23-11-10-21-16-22(38-39(8,9)30(3,4)5)13-14-31(21,6)27(23)28(34)29(35)32(24,26)7/h19-27H,10-18H2,1-9H3/t19-,20+,21+,22+,23+,24+,25+,26+,27-,31+,32+,33-/m1/s1. The second-order valence-electron chi connectivity index (χ2n) is 16.8. The lowest BCUT2D eigenvalue weighted by atomic mass is 9.43. The first-order chi connectivity index (χ1) is 18.0. The maximum Gasteiger partial charge on any atom is 0.205 e. The summed E-state index contributed by atoms with van der Waals surface area (Å²) in [7, 11) is -1.85. The molecule has 0 aromatic heterocycles. The molecule has 5 nitrogen and oxygen atoms in total. The molecule has 0 amide bonds. The van der Waals surface area contributed by atoms with E-state index in [9.17, 15) is 9.59 Å². The molecule has 0 radical (unpaired) electrons. The van der Waals surface area contributed by atoms with Gasteiger partial charge in [0.05, 0.1) is 12.7 Å². The van der Waals surface area contributed by atoms with E-state index in [4.69, 9.17) is 13.9 Å². The van der Waals surface area contributed by atoms with Crippen LogP contribution < -0.4 is 0 Å². The van der Waals surface area contributed by atoms with Crippen LogP contribution in [0.2, 0.25) is 18.1 Å². The zero-order valence-electron chi connectivity index (χ0n) is 26.1. The molecule has 4 saturated carbocycles. The van der Waals surface area contributed by atoms with Gasteiger partial charge in [-0.2, -0.15) is 0 Å². The molecule has 2 heterocycles. The van der Waals surface area contributed by atoms with Crippen LogP contribution in [0, 0.1) is 52.3 Å². The third-order valence-corrected chi connectivity index (χ3v) is 18.3. The van der Waals surface area contributed by atoms with E-state index >= 15 is 0 Å². The lowest BCUT2D eigenvalue weighted by molar-refractivity contribution is -0.272. The molecule has 0 aromatic carbocycles. The predicted octanol–water partition coefficient (Wildman–Crippen LogP) is 7.18. The molecule has 1 spiro atoms. The van der Waals surface area contributed by atoms with Crippen molar-refractivity contribution in [3.63, 3.8) is 0 Å². The fourth-order valence-corrected chi connectivity index (χ4v) is 11.9. The minimum absolute atomic E-state index is 0.0261. The largest absolute Gasteiger partial charge is 0.414 e. The lowest BCUT2D eigenvalue weighted by Crippen LogP contribution is -2.63. The molecule has 0 bridgehead atoms. The summed E-state index contributed by atoms with van der Waals surface area (Å²) in [6, 6.07) is 0. The van der Waals surface area contributed by atoms with Gasteiger partial charge in [0.1, 0.15) is 0 Å². The molecule has 6 fully saturated rings. The highest BCUT2D eigenvalue weighted by Gasteiger charge is 2.74. The number of ketones is 2. The van der Waals surface area contributed by atoms with Gasteiger partial charge >= 0.3 is 0 Å². The fraction of sp³-hybridized carbons (Fsp3) is 0.939. The molecule has 6 heteroatoms. The van der Waals surface area contributed by atoms with Gasteiger partial charge in [0.25, 0.3) is 0 Å².